The Morgan fingerprint density at radius 3 is 2.52 bits per heavy atom. The lowest BCUT2D eigenvalue weighted by Crippen LogP contribution is -2.30. The fraction of sp³-hybridized carbons (Fsp3) is 0.158. The maximum atomic E-state index is 12.5. The van der Waals surface area contributed by atoms with Crippen LogP contribution in [0, 0.1) is 6.92 Å². The van der Waals surface area contributed by atoms with Crippen molar-refractivity contribution in [2.45, 2.75) is 13.5 Å². The average molecular weight is 307 g/mol. The average Bonchev–Trinajstić information content (AvgIpc) is 2.55. The molecule has 0 aliphatic heterocycles. The van der Waals surface area contributed by atoms with E-state index in [0.29, 0.717) is 12.1 Å². The third-order valence-electron chi connectivity index (χ3n) is 3.76. The zero-order valence-corrected chi connectivity index (χ0v) is 13.1. The molecule has 0 bridgehead atoms. The quantitative estimate of drug-likeness (QED) is 0.697. The second kappa shape index (κ2) is 6.08. The summed E-state index contributed by atoms with van der Waals surface area (Å²) in [5, 5.41) is 0.735. The molecule has 0 radical (unpaired) electrons. The van der Waals surface area contributed by atoms with E-state index in [1.807, 2.05) is 43.3 Å². The van der Waals surface area contributed by atoms with Crippen molar-refractivity contribution in [2.75, 3.05) is 7.05 Å². The summed E-state index contributed by atoms with van der Waals surface area (Å²) in [6.07, 6.45) is 0. The van der Waals surface area contributed by atoms with Crippen molar-refractivity contribution >= 4 is 16.9 Å². The van der Waals surface area contributed by atoms with Crippen molar-refractivity contribution in [3.05, 3.63) is 81.7 Å². The van der Waals surface area contributed by atoms with Gasteiger partial charge in [-0.2, -0.15) is 0 Å². The molecule has 2 aromatic carbocycles. The number of hydrogen-bond acceptors (Lipinski definition) is 3. The van der Waals surface area contributed by atoms with Gasteiger partial charge >= 0.3 is 5.63 Å². The molecular formula is C19H17NO3. The zero-order chi connectivity index (χ0) is 16.4. The Morgan fingerprint density at radius 2 is 1.78 bits per heavy atom. The monoisotopic (exact) mass is 307 g/mol. The van der Waals surface area contributed by atoms with Crippen molar-refractivity contribution < 1.29 is 9.21 Å². The Labute approximate surface area is 134 Å². The van der Waals surface area contributed by atoms with Crippen LogP contribution >= 0.6 is 0 Å². The molecule has 4 heteroatoms. The fourth-order valence-corrected chi connectivity index (χ4v) is 2.46. The first-order valence-electron chi connectivity index (χ1n) is 7.38. The minimum Gasteiger partial charge on any atom is -0.422 e. The van der Waals surface area contributed by atoms with Crippen molar-refractivity contribution in [3.63, 3.8) is 0 Å². The summed E-state index contributed by atoms with van der Waals surface area (Å²) in [7, 11) is 1.68. The number of para-hydroxylation sites is 1. The van der Waals surface area contributed by atoms with Crippen LogP contribution in [0.15, 0.2) is 63.8 Å². The highest BCUT2D eigenvalue weighted by molar-refractivity contribution is 5.96. The van der Waals surface area contributed by atoms with E-state index in [0.717, 1.165) is 16.5 Å². The van der Waals surface area contributed by atoms with Gasteiger partial charge in [-0.05, 0) is 24.6 Å². The molecule has 1 aromatic heterocycles. The van der Waals surface area contributed by atoms with Gasteiger partial charge in [-0.3, -0.25) is 4.79 Å². The molecular weight excluding hydrogens is 290 g/mol. The number of aryl methyl sites for hydroxylation is 1. The molecule has 0 unspecified atom stereocenters. The highest BCUT2D eigenvalue weighted by Crippen LogP contribution is 2.14. The van der Waals surface area contributed by atoms with Gasteiger partial charge in [0.25, 0.3) is 5.91 Å². The van der Waals surface area contributed by atoms with Crippen LogP contribution in [0.5, 0.6) is 0 Å². The smallest absolute Gasteiger partial charge is 0.349 e. The molecule has 0 saturated heterocycles. The number of hydrogen-bond donors (Lipinski definition) is 0. The van der Waals surface area contributed by atoms with Crippen molar-refractivity contribution in [2.24, 2.45) is 0 Å². The van der Waals surface area contributed by atoms with E-state index < -0.39 is 5.63 Å². The molecule has 116 valence electrons. The lowest BCUT2D eigenvalue weighted by molar-refractivity contribution is 0.0781. The zero-order valence-electron chi connectivity index (χ0n) is 13.1. The number of carbonyl (C=O) groups is 1. The molecule has 0 aliphatic carbocycles. The lowest BCUT2D eigenvalue weighted by Gasteiger charge is -2.17. The minimum absolute atomic E-state index is 0.0540. The molecule has 0 atom stereocenters. The second-order valence-electron chi connectivity index (χ2n) is 5.63. The Balaban J connectivity index is 1.88. The SMILES string of the molecule is Cc1ccc(CN(C)C(=O)c2cc3ccccc3oc2=O)cc1. The first kappa shape index (κ1) is 15.0. The van der Waals surface area contributed by atoms with Crippen LogP contribution in [0.2, 0.25) is 0 Å². The molecule has 0 fully saturated rings. The van der Waals surface area contributed by atoms with Crippen molar-refractivity contribution in [1.82, 2.24) is 4.90 Å². The van der Waals surface area contributed by atoms with Crippen molar-refractivity contribution in [1.29, 1.82) is 0 Å². The maximum Gasteiger partial charge on any atom is 0.349 e. The first-order chi connectivity index (χ1) is 11.0. The number of amides is 1. The number of rotatable bonds is 3. The van der Waals surface area contributed by atoms with E-state index in [1.54, 1.807) is 25.2 Å². The molecule has 3 rings (SSSR count). The summed E-state index contributed by atoms with van der Waals surface area (Å²) in [6, 6.07) is 16.7. The molecule has 23 heavy (non-hydrogen) atoms. The third kappa shape index (κ3) is 3.16. The molecule has 1 heterocycles. The molecule has 3 aromatic rings. The minimum atomic E-state index is -0.607. The third-order valence-corrected chi connectivity index (χ3v) is 3.76. The van der Waals surface area contributed by atoms with Gasteiger partial charge in [0.15, 0.2) is 0 Å². The molecule has 4 nitrogen and oxygen atoms in total. The van der Waals surface area contributed by atoms with Gasteiger partial charge in [-0.15, -0.1) is 0 Å². The summed E-state index contributed by atoms with van der Waals surface area (Å²) in [4.78, 5) is 26.1. The number of benzene rings is 2. The van der Waals surface area contributed by atoms with E-state index in [9.17, 15) is 9.59 Å². The van der Waals surface area contributed by atoms with Gasteiger partial charge < -0.3 is 9.32 Å². The van der Waals surface area contributed by atoms with E-state index in [4.69, 9.17) is 4.42 Å². The van der Waals surface area contributed by atoms with Gasteiger partial charge in [0.1, 0.15) is 11.1 Å². The number of carbonyl (C=O) groups excluding carboxylic acids is 1. The van der Waals surface area contributed by atoms with Gasteiger partial charge in [0, 0.05) is 19.0 Å². The normalized spacial score (nSPS) is 10.7. The standard InChI is InChI=1S/C19H17NO3/c1-13-7-9-14(10-8-13)12-20(2)18(21)16-11-15-5-3-4-6-17(15)23-19(16)22/h3-11H,12H2,1-2H3. The van der Waals surface area contributed by atoms with Crippen molar-refractivity contribution in [3.8, 4) is 0 Å². The van der Waals surface area contributed by atoms with Crippen LogP contribution in [0.3, 0.4) is 0 Å². The predicted molar refractivity (Wildman–Crippen MR) is 89.5 cm³/mol. The summed E-state index contributed by atoms with van der Waals surface area (Å²) in [5.74, 6) is -0.343. The molecule has 1 amide bonds. The van der Waals surface area contributed by atoms with E-state index in [2.05, 4.69) is 0 Å². The van der Waals surface area contributed by atoms with E-state index in [1.165, 1.54) is 4.90 Å². The Morgan fingerprint density at radius 1 is 1.09 bits per heavy atom. The topological polar surface area (TPSA) is 50.5 Å². The lowest BCUT2D eigenvalue weighted by atomic mass is 10.1. The summed E-state index contributed by atoms with van der Waals surface area (Å²) in [6.45, 7) is 2.45. The predicted octanol–water partition coefficient (Wildman–Crippen LogP) is 3.37. The van der Waals surface area contributed by atoms with Gasteiger partial charge in [-0.1, -0.05) is 48.0 Å². The highest BCUT2D eigenvalue weighted by atomic mass is 16.4. The Kier molecular flexibility index (Phi) is 3.98. The van der Waals surface area contributed by atoms with E-state index in [-0.39, 0.29) is 11.5 Å². The summed E-state index contributed by atoms with van der Waals surface area (Å²) >= 11 is 0. The summed E-state index contributed by atoms with van der Waals surface area (Å²) in [5.41, 5.74) is 2.10. The molecule has 0 spiro atoms. The summed E-state index contributed by atoms with van der Waals surface area (Å²) < 4.78 is 5.23. The number of nitrogens with zero attached hydrogens (tertiary/aromatic N) is 1. The van der Waals surface area contributed by atoms with Crippen LogP contribution in [-0.4, -0.2) is 17.9 Å². The Bertz CT molecular complexity index is 910. The largest absolute Gasteiger partial charge is 0.422 e. The maximum absolute atomic E-state index is 12.5. The first-order valence-corrected chi connectivity index (χ1v) is 7.38. The van der Waals surface area contributed by atoms with Gasteiger partial charge in [0.2, 0.25) is 0 Å². The second-order valence-corrected chi connectivity index (χ2v) is 5.63. The van der Waals surface area contributed by atoms with Crippen LogP contribution in [0.4, 0.5) is 0 Å². The molecule has 0 aliphatic rings. The van der Waals surface area contributed by atoms with Gasteiger partial charge in [0.05, 0.1) is 0 Å². The van der Waals surface area contributed by atoms with Crippen LogP contribution in [-0.2, 0) is 6.54 Å². The number of fused-ring (bicyclic) bond motifs is 1. The fourth-order valence-electron chi connectivity index (χ4n) is 2.46. The van der Waals surface area contributed by atoms with Crippen LogP contribution < -0.4 is 5.63 Å². The van der Waals surface area contributed by atoms with Crippen LogP contribution in [0.25, 0.3) is 11.0 Å². The van der Waals surface area contributed by atoms with E-state index >= 15 is 0 Å². The molecule has 0 N–H and O–H groups in total. The van der Waals surface area contributed by atoms with Gasteiger partial charge in [-0.25, -0.2) is 4.79 Å². The highest BCUT2D eigenvalue weighted by Gasteiger charge is 2.17. The Hall–Kier alpha value is -2.88. The molecule has 0 saturated carbocycles. The van der Waals surface area contributed by atoms with Crippen LogP contribution in [0.1, 0.15) is 21.5 Å².